The molecule has 5 heteroatoms. The fraction of sp³-hybridized carbons (Fsp3) is 1.00. The molecule has 0 radical (unpaired) electrons. The third kappa shape index (κ3) is 4.85. The van der Waals surface area contributed by atoms with Gasteiger partial charge in [-0.05, 0) is 196 Å². The molecule has 8 aliphatic rings. The zero-order valence-corrected chi connectivity index (χ0v) is 30.5. The second kappa shape index (κ2) is 10.9. The number of rotatable bonds is 4. The van der Waals surface area contributed by atoms with Crippen molar-refractivity contribution in [2.45, 2.75) is 169 Å². The van der Waals surface area contributed by atoms with E-state index in [9.17, 15) is 8.42 Å². The Morgan fingerprint density at radius 2 is 0.844 bits per heavy atom. The Kier molecular flexibility index (Phi) is 7.80. The normalized spacial score (nSPS) is 57.6. The average molecular weight is 643 g/mol. The summed E-state index contributed by atoms with van der Waals surface area (Å²) in [5.74, 6) is 8.12. The first kappa shape index (κ1) is 32.1. The summed E-state index contributed by atoms with van der Waals surface area (Å²) in [5, 5.41) is 0. The van der Waals surface area contributed by atoms with Crippen LogP contribution >= 0.6 is 0 Å². The van der Waals surface area contributed by atoms with E-state index in [1.165, 1.54) is 77.0 Å². The molecule has 8 rings (SSSR count). The van der Waals surface area contributed by atoms with Gasteiger partial charge in [0.05, 0.1) is 12.2 Å². The van der Waals surface area contributed by atoms with Crippen LogP contribution < -0.4 is 0 Å². The second-order valence-corrected chi connectivity index (χ2v) is 21.0. The number of hydrogen-bond donors (Lipinski definition) is 0. The van der Waals surface area contributed by atoms with Crippen LogP contribution in [-0.4, -0.2) is 20.6 Å². The third-order valence-corrected chi connectivity index (χ3v) is 19.7. The van der Waals surface area contributed by atoms with Crippen molar-refractivity contribution in [2.75, 3.05) is 0 Å². The van der Waals surface area contributed by atoms with E-state index in [0.717, 1.165) is 85.9 Å². The zero-order chi connectivity index (χ0) is 31.6. The van der Waals surface area contributed by atoms with Gasteiger partial charge in [0.15, 0.2) is 0 Å². The zero-order valence-electron chi connectivity index (χ0n) is 29.7. The maximum Gasteiger partial charge on any atom is 0.400 e. The first-order valence-electron chi connectivity index (χ1n) is 19.9. The van der Waals surface area contributed by atoms with Crippen LogP contribution in [0, 0.1) is 80.8 Å². The molecule has 0 spiro atoms. The highest BCUT2D eigenvalue weighted by Gasteiger charge is 2.61. The first-order valence-corrected chi connectivity index (χ1v) is 21.2. The molecule has 16 atom stereocenters. The first-order chi connectivity index (χ1) is 21.3. The van der Waals surface area contributed by atoms with E-state index < -0.39 is 10.4 Å². The maximum absolute atomic E-state index is 13.4. The summed E-state index contributed by atoms with van der Waals surface area (Å²) >= 11 is 0. The van der Waals surface area contributed by atoms with Crippen molar-refractivity contribution in [3.63, 3.8) is 0 Å². The Labute approximate surface area is 276 Å². The van der Waals surface area contributed by atoms with Gasteiger partial charge in [-0.1, -0.05) is 41.5 Å². The van der Waals surface area contributed by atoms with E-state index in [-0.39, 0.29) is 12.2 Å². The van der Waals surface area contributed by atoms with Gasteiger partial charge < -0.3 is 0 Å². The van der Waals surface area contributed by atoms with Crippen molar-refractivity contribution in [1.29, 1.82) is 0 Å². The molecule has 8 fully saturated rings. The number of hydrogen-bond acceptors (Lipinski definition) is 4. The minimum atomic E-state index is -3.99. The van der Waals surface area contributed by atoms with Gasteiger partial charge in [0.1, 0.15) is 0 Å². The average Bonchev–Trinajstić information content (AvgIpc) is 3.47. The van der Waals surface area contributed by atoms with E-state index in [4.69, 9.17) is 8.37 Å². The van der Waals surface area contributed by atoms with E-state index >= 15 is 0 Å². The molecule has 0 aromatic heterocycles. The van der Waals surface area contributed by atoms with Crippen LogP contribution in [0.2, 0.25) is 0 Å². The predicted molar refractivity (Wildman–Crippen MR) is 180 cm³/mol. The molecule has 0 aromatic carbocycles. The molecule has 0 heterocycles. The third-order valence-electron chi connectivity index (χ3n) is 18.7. The smallest absolute Gasteiger partial charge is 0.245 e. The van der Waals surface area contributed by atoms with Crippen LogP contribution in [0.3, 0.4) is 0 Å². The van der Waals surface area contributed by atoms with Gasteiger partial charge >= 0.3 is 10.4 Å². The van der Waals surface area contributed by atoms with Crippen LogP contribution in [0.5, 0.6) is 0 Å². The SMILES string of the molecule is CC1CC[C@H]2[C@H]3CC[C@@H]4C[C@H](OS(=O)(=O)O[C@@H]5CC[C@@]6(C)[C@H](CC[C@H]7[C@@H]6CC[C@@]6(C)C(C)CC[C@@H]76)C5)CC[C@]4(C)[C@H]3CC[C@@]12C. The Morgan fingerprint density at radius 3 is 1.27 bits per heavy atom. The molecule has 0 saturated heterocycles. The largest absolute Gasteiger partial charge is 0.400 e. The van der Waals surface area contributed by atoms with E-state index in [0.29, 0.717) is 33.5 Å². The van der Waals surface area contributed by atoms with Crippen molar-refractivity contribution < 1.29 is 16.8 Å². The Balaban J connectivity index is 0.876. The standard InChI is InChI=1S/C40H66O4S/c1-25-7-13-33-31-11-9-27-23-29(15-19-39(27,5)35(31)17-21-37(25,33)3)43-45(41,42)44-30-16-20-40(6)28(24-30)10-12-32-34-14-8-26(2)38(34,4)22-18-36(32)40/h25-36H,7-24H2,1-6H3/t25?,26?,27-,28-,29-,30-,31-,32-,33+,34+,35+,36+,37+,38+,39+,40+/m1/s1. The minimum Gasteiger partial charge on any atom is -0.245 e. The van der Waals surface area contributed by atoms with Gasteiger partial charge in [0, 0.05) is 0 Å². The fourth-order valence-electron chi connectivity index (χ4n) is 15.5. The van der Waals surface area contributed by atoms with Crippen molar-refractivity contribution >= 4 is 10.4 Å². The summed E-state index contributed by atoms with van der Waals surface area (Å²) in [4.78, 5) is 0. The highest BCUT2D eigenvalue weighted by atomic mass is 32.3. The van der Waals surface area contributed by atoms with E-state index in [1.54, 1.807) is 0 Å². The van der Waals surface area contributed by atoms with Crippen LogP contribution in [0.1, 0.15) is 157 Å². The lowest BCUT2D eigenvalue weighted by Gasteiger charge is -2.61. The second-order valence-electron chi connectivity index (χ2n) is 19.8. The Morgan fingerprint density at radius 1 is 0.467 bits per heavy atom. The predicted octanol–water partition coefficient (Wildman–Crippen LogP) is 10.4. The quantitative estimate of drug-likeness (QED) is 0.306. The summed E-state index contributed by atoms with van der Waals surface area (Å²) < 4.78 is 38.8. The molecule has 0 N–H and O–H groups in total. The molecule has 8 saturated carbocycles. The monoisotopic (exact) mass is 642 g/mol. The lowest BCUT2D eigenvalue weighted by Crippen LogP contribution is -2.54. The highest BCUT2D eigenvalue weighted by molar-refractivity contribution is 7.81. The Hall–Kier alpha value is -0.130. The number of fused-ring (bicyclic) bond motifs is 10. The van der Waals surface area contributed by atoms with Crippen molar-refractivity contribution in [1.82, 2.24) is 0 Å². The molecule has 0 aromatic rings. The molecular formula is C40H66O4S. The van der Waals surface area contributed by atoms with E-state index in [1.807, 2.05) is 0 Å². The Bertz CT molecular complexity index is 1160. The fourth-order valence-corrected chi connectivity index (χ4v) is 16.6. The lowest BCUT2D eigenvalue weighted by molar-refractivity contribution is -0.127. The minimum absolute atomic E-state index is 0.209. The maximum atomic E-state index is 13.4. The highest BCUT2D eigenvalue weighted by Crippen LogP contribution is 2.69. The summed E-state index contributed by atoms with van der Waals surface area (Å²) in [7, 11) is -3.99. The summed E-state index contributed by atoms with van der Waals surface area (Å²) in [6.45, 7) is 15.4. The van der Waals surface area contributed by atoms with Crippen LogP contribution in [0.4, 0.5) is 0 Å². The molecule has 0 aliphatic heterocycles. The molecule has 4 nitrogen and oxygen atoms in total. The summed E-state index contributed by atoms with van der Waals surface area (Å²) in [5.41, 5.74) is 1.80. The molecule has 2 unspecified atom stereocenters. The van der Waals surface area contributed by atoms with Gasteiger partial charge in [-0.2, -0.15) is 8.42 Å². The van der Waals surface area contributed by atoms with Gasteiger partial charge in [0.25, 0.3) is 0 Å². The molecule has 0 amide bonds. The van der Waals surface area contributed by atoms with Crippen molar-refractivity contribution in [2.24, 2.45) is 80.8 Å². The summed E-state index contributed by atoms with van der Waals surface area (Å²) in [6, 6.07) is 0. The van der Waals surface area contributed by atoms with Crippen LogP contribution in [-0.2, 0) is 18.8 Å². The van der Waals surface area contributed by atoms with Gasteiger partial charge in [-0.3, -0.25) is 0 Å². The molecule has 0 bridgehead atoms. The van der Waals surface area contributed by atoms with Crippen LogP contribution in [0.25, 0.3) is 0 Å². The molecular weight excluding hydrogens is 577 g/mol. The van der Waals surface area contributed by atoms with E-state index in [2.05, 4.69) is 41.5 Å². The van der Waals surface area contributed by atoms with Gasteiger partial charge in [-0.25, -0.2) is 8.37 Å². The van der Waals surface area contributed by atoms with Gasteiger partial charge in [0.2, 0.25) is 0 Å². The lowest BCUT2D eigenvalue weighted by atomic mass is 9.45. The van der Waals surface area contributed by atoms with Gasteiger partial charge in [-0.15, -0.1) is 0 Å². The van der Waals surface area contributed by atoms with Crippen molar-refractivity contribution in [3.05, 3.63) is 0 Å². The molecule has 8 aliphatic carbocycles. The van der Waals surface area contributed by atoms with Crippen molar-refractivity contribution in [3.8, 4) is 0 Å². The molecule has 256 valence electrons. The summed E-state index contributed by atoms with van der Waals surface area (Å²) in [6.07, 6.45) is 21.8. The molecule has 45 heavy (non-hydrogen) atoms. The van der Waals surface area contributed by atoms with Crippen LogP contribution in [0.15, 0.2) is 0 Å². The topological polar surface area (TPSA) is 52.6 Å².